The van der Waals surface area contributed by atoms with Crippen LogP contribution in [0, 0.1) is 0 Å². The highest BCUT2D eigenvalue weighted by Gasteiger charge is 2.39. The molecule has 21 heavy (non-hydrogen) atoms. The Labute approximate surface area is 126 Å². The number of ether oxygens (including phenoxy) is 1. The lowest BCUT2D eigenvalue weighted by atomic mass is 9.85. The molecule has 0 aromatic rings. The number of hydrogen-bond donors (Lipinski definition) is 2. The highest BCUT2D eigenvalue weighted by molar-refractivity contribution is 5.76. The Morgan fingerprint density at radius 3 is 2.29 bits per heavy atom. The van der Waals surface area contributed by atoms with Crippen LogP contribution in [0.1, 0.15) is 53.9 Å². The smallest absolute Gasteiger partial charge is 0.410 e. The van der Waals surface area contributed by atoms with E-state index in [2.05, 4.69) is 5.32 Å². The van der Waals surface area contributed by atoms with Gasteiger partial charge in [-0.2, -0.15) is 0 Å². The molecule has 0 aromatic heterocycles. The molecule has 1 rings (SSSR count). The number of carbonyl (C=O) groups is 2. The molecular weight excluding hydrogens is 272 g/mol. The zero-order valence-electron chi connectivity index (χ0n) is 13.7. The third-order valence-corrected chi connectivity index (χ3v) is 3.79. The lowest BCUT2D eigenvalue weighted by Gasteiger charge is -2.42. The van der Waals surface area contributed by atoms with Gasteiger partial charge in [-0.05, 0) is 40.5 Å². The van der Waals surface area contributed by atoms with Crippen molar-refractivity contribution >= 4 is 12.0 Å². The molecule has 0 spiro atoms. The fraction of sp³-hybridized carbons (Fsp3) is 0.867. The van der Waals surface area contributed by atoms with Crippen molar-refractivity contribution in [2.75, 3.05) is 13.1 Å². The van der Waals surface area contributed by atoms with Crippen molar-refractivity contribution in [1.29, 1.82) is 0 Å². The molecule has 0 bridgehead atoms. The van der Waals surface area contributed by atoms with Gasteiger partial charge in [0.05, 0.1) is 11.6 Å². The second kappa shape index (κ2) is 6.64. The average molecular weight is 300 g/mol. The van der Waals surface area contributed by atoms with E-state index in [4.69, 9.17) is 4.74 Å². The zero-order chi connectivity index (χ0) is 16.3. The fourth-order valence-electron chi connectivity index (χ4n) is 2.31. The van der Waals surface area contributed by atoms with E-state index in [0.717, 1.165) is 0 Å². The minimum absolute atomic E-state index is 0.0782. The maximum atomic E-state index is 12.0. The number of likely N-dealkylation sites (tertiary alicyclic amines) is 1. The molecule has 6 heteroatoms. The highest BCUT2D eigenvalue weighted by Crippen LogP contribution is 2.26. The Hall–Kier alpha value is -1.30. The standard InChI is InChI=1S/C15H28N2O4/c1-6-12(18)16-11(2)15(20)7-9-17(10-8-15)13(19)21-14(3,4)5/h11,20H,6-10H2,1-5H3,(H,16,18). The molecule has 0 saturated carbocycles. The number of hydrogen-bond acceptors (Lipinski definition) is 4. The molecule has 1 unspecified atom stereocenters. The number of amides is 2. The Bertz CT molecular complexity index is 382. The van der Waals surface area contributed by atoms with E-state index in [-0.39, 0.29) is 18.0 Å². The van der Waals surface area contributed by atoms with Gasteiger partial charge in [0, 0.05) is 19.5 Å². The van der Waals surface area contributed by atoms with Crippen molar-refractivity contribution in [2.45, 2.75) is 71.1 Å². The van der Waals surface area contributed by atoms with Crippen LogP contribution in [-0.4, -0.2) is 52.3 Å². The highest BCUT2D eigenvalue weighted by atomic mass is 16.6. The SMILES string of the molecule is CCC(=O)NC(C)C1(O)CCN(C(=O)OC(C)(C)C)CC1. The zero-order valence-corrected chi connectivity index (χ0v) is 13.7. The molecule has 6 nitrogen and oxygen atoms in total. The second-order valence-corrected chi connectivity index (χ2v) is 6.71. The predicted octanol–water partition coefficient (Wildman–Crippen LogP) is 1.66. The van der Waals surface area contributed by atoms with Gasteiger partial charge in [0.1, 0.15) is 5.60 Å². The normalized spacial score (nSPS) is 19.8. The summed E-state index contributed by atoms with van der Waals surface area (Å²) in [6.45, 7) is 9.91. The molecule has 1 atom stereocenters. The Morgan fingerprint density at radius 2 is 1.86 bits per heavy atom. The molecule has 0 aromatic carbocycles. The number of rotatable bonds is 3. The van der Waals surface area contributed by atoms with Crippen molar-refractivity contribution in [1.82, 2.24) is 10.2 Å². The summed E-state index contributed by atoms with van der Waals surface area (Å²) in [5, 5.41) is 13.4. The van der Waals surface area contributed by atoms with Crippen LogP contribution in [0.4, 0.5) is 4.79 Å². The van der Waals surface area contributed by atoms with Crippen molar-refractivity contribution in [3.8, 4) is 0 Å². The van der Waals surface area contributed by atoms with E-state index in [1.54, 1.807) is 18.7 Å². The van der Waals surface area contributed by atoms with Crippen molar-refractivity contribution in [3.05, 3.63) is 0 Å². The number of nitrogens with zero attached hydrogens (tertiary/aromatic N) is 1. The maximum absolute atomic E-state index is 12.0. The van der Waals surface area contributed by atoms with Gasteiger partial charge in [0.25, 0.3) is 0 Å². The number of nitrogens with one attached hydrogen (secondary N) is 1. The van der Waals surface area contributed by atoms with Crippen LogP contribution < -0.4 is 5.32 Å². The van der Waals surface area contributed by atoms with Gasteiger partial charge in [-0.3, -0.25) is 4.79 Å². The Morgan fingerprint density at radius 1 is 1.33 bits per heavy atom. The van der Waals surface area contributed by atoms with Crippen LogP contribution >= 0.6 is 0 Å². The van der Waals surface area contributed by atoms with Crippen molar-refractivity contribution in [3.63, 3.8) is 0 Å². The third-order valence-electron chi connectivity index (χ3n) is 3.79. The van der Waals surface area contributed by atoms with Gasteiger partial charge >= 0.3 is 6.09 Å². The molecule has 1 heterocycles. The largest absolute Gasteiger partial charge is 0.444 e. The van der Waals surface area contributed by atoms with Crippen LogP contribution in [0.25, 0.3) is 0 Å². The van der Waals surface area contributed by atoms with Crippen molar-refractivity contribution in [2.24, 2.45) is 0 Å². The first-order chi connectivity index (χ1) is 9.57. The summed E-state index contributed by atoms with van der Waals surface area (Å²) in [6, 6.07) is -0.328. The maximum Gasteiger partial charge on any atom is 0.410 e. The van der Waals surface area contributed by atoms with Gasteiger partial charge in [-0.1, -0.05) is 6.92 Å². The first-order valence-electron chi connectivity index (χ1n) is 7.57. The van der Waals surface area contributed by atoms with Crippen LogP contribution in [0.3, 0.4) is 0 Å². The lowest BCUT2D eigenvalue weighted by Crippen LogP contribution is -2.57. The molecule has 2 amide bonds. The summed E-state index contributed by atoms with van der Waals surface area (Å²) in [4.78, 5) is 25.0. The molecule has 1 aliphatic rings. The van der Waals surface area contributed by atoms with E-state index in [9.17, 15) is 14.7 Å². The fourth-order valence-corrected chi connectivity index (χ4v) is 2.31. The summed E-state index contributed by atoms with van der Waals surface area (Å²) in [7, 11) is 0. The Balaban J connectivity index is 2.54. The molecule has 2 N–H and O–H groups in total. The summed E-state index contributed by atoms with van der Waals surface area (Å²) < 4.78 is 5.32. The molecule has 1 saturated heterocycles. The number of carbonyl (C=O) groups excluding carboxylic acids is 2. The van der Waals surface area contributed by atoms with E-state index in [1.807, 2.05) is 20.8 Å². The molecule has 1 fully saturated rings. The van der Waals surface area contributed by atoms with E-state index in [1.165, 1.54) is 0 Å². The van der Waals surface area contributed by atoms with Crippen LogP contribution in [-0.2, 0) is 9.53 Å². The molecule has 122 valence electrons. The monoisotopic (exact) mass is 300 g/mol. The number of aliphatic hydroxyl groups is 1. The van der Waals surface area contributed by atoms with Gasteiger partial charge < -0.3 is 20.1 Å². The van der Waals surface area contributed by atoms with Crippen LogP contribution in [0.2, 0.25) is 0 Å². The summed E-state index contributed by atoms with van der Waals surface area (Å²) >= 11 is 0. The Kier molecular flexibility index (Phi) is 5.61. The molecule has 1 aliphatic heterocycles. The van der Waals surface area contributed by atoms with E-state index < -0.39 is 11.2 Å². The minimum Gasteiger partial charge on any atom is -0.444 e. The lowest BCUT2D eigenvalue weighted by molar-refractivity contribution is -0.125. The van der Waals surface area contributed by atoms with Gasteiger partial charge in [0.2, 0.25) is 5.91 Å². The molecule has 0 aliphatic carbocycles. The van der Waals surface area contributed by atoms with Crippen molar-refractivity contribution < 1.29 is 19.4 Å². The average Bonchev–Trinajstić information content (AvgIpc) is 2.37. The first-order valence-corrected chi connectivity index (χ1v) is 7.57. The topological polar surface area (TPSA) is 78.9 Å². The van der Waals surface area contributed by atoms with Gasteiger partial charge in [0.15, 0.2) is 0 Å². The van der Waals surface area contributed by atoms with E-state index in [0.29, 0.717) is 32.4 Å². The number of piperidine rings is 1. The molecular formula is C15H28N2O4. The van der Waals surface area contributed by atoms with Gasteiger partial charge in [-0.15, -0.1) is 0 Å². The van der Waals surface area contributed by atoms with Crippen LogP contribution in [0.15, 0.2) is 0 Å². The van der Waals surface area contributed by atoms with Gasteiger partial charge in [-0.25, -0.2) is 4.79 Å². The molecule has 0 radical (unpaired) electrons. The summed E-state index contributed by atoms with van der Waals surface area (Å²) in [5.41, 5.74) is -1.49. The summed E-state index contributed by atoms with van der Waals surface area (Å²) in [6.07, 6.45) is 0.897. The first kappa shape index (κ1) is 17.8. The predicted molar refractivity (Wildman–Crippen MR) is 79.9 cm³/mol. The van der Waals surface area contributed by atoms with E-state index >= 15 is 0 Å². The third kappa shape index (κ3) is 5.19. The summed E-state index contributed by atoms with van der Waals surface area (Å²) in [5.74, 6) is -0.0782. The quantitative estimate of drug-likeness (QED) is 0.831. The minimum atomic E-state index is -0.969. The van der Waals surface area contributed by atoms with Crippen LogP contribution in [0.5, 0.6) is 0 Å². The second-order valence-electron chi connectivity index (χ2n) is 6.71.